The van der Waals surface area contributed by atoms with E-state index in [1.165, 1.54) is 14.0 Å². The summed E-state index contributed by atoms with van der Waals surface area (Å²) in [5, 5.41) is 3.16. The van der Waals surface area contributed by atoms with Gasteiger partial charge in [0.05, 0.1) is 13.0 Å². The lowest BCUT2D eigenvalue weighted by Gasteiger charge is -2.25. The topological polar surface area (TPSA) is 75.7 Å². The highest BCUT2D eigenvalue weighted by Crippen LogP contribution is 2.14. The molecule has 1 aromatic rings. The molecule has 1 aromatic carbocycles. The first-order valence-corrected chi connectivity index (χ1v) is 8.10. The van der Waals surface area contributed by atoms with Gasteiger partial charge in [0.1, 0.15) is 0 Å². The number of amides is 2. The van der Waals surface area contributed by atoms with Gasteiger partial charge in [-0.05, 0) is 24.6 Å². The van der Waals surface area contributed by atoms with Crippen molar-refractivity contribution in [3.63, 3.8) is 0 Å². The van der Waals surface area contributed by atoms with E-state index >= 15 is 0 Å². The van der Waals surface area contributed by atoms with E-state index < -0.39 is 5.92 Å². The van der Waals surface area contributed by atoms with E-state index in [0.717, 1.165) is 0 Å². The number of nitrogens with one attached hydrogen (secondary N) is 1. The number of esters is 1. The molecule has 0 bridgehead atoms. The van der Waals surface area contributed by atoms with Crippen LogP contribution >= 0.6 is 11.6 Å². The third-order valence-electron chi connectivity index (χ3n) is 3.44. The Labute approximate surface area is 147 Å². The van der Waals surface area contributed by atoms with Gasteiger partial charge in [-0.1, -0.05) is 24.6 Å². The van der Waals surface area contributed by atoms with Gasteiger partial charge >= 0.3 is 5.97 Å². The summed E-state index contributed by atoms with van der Waals surface area (Å²) in [4.78, 5) is 36.8. The van der Waals surface area contributed by atoms with Crippen LogP contribution in [0.4, 0.5) is 0 Å². The number of hydrogen-bond acceptors (Lipinski definition) is 4. The van der Waals surface area contributed by atoms with Crippen molar-refractivity contribution in [2.24, 2.45) is 5.92 Å². The largest absolute Gasteiger partial charge is 0.469 e. The van der Waals surface area contributed by atoms with Crippen molar-refractivity contribution in [2.45, 2.75) is 20.3 Å². The van der Waals surface area contributed by atoms with E-state index in [-0.39, 0.29) is 24.3 Å². The lowest BCUT2D eigenvalue weighted by Crippen LogP contribution is -2.39. The van der Waals surface area contributed by atoms with Crippen LogP contribution in [0.2, 0.25) is 5.02 Å². The van der Waals surface area contributed by atoms with Crippen molar-refractivity contribution >= 4 is 29.4 Å². The van der Waals surface area contributed by atoms with Crippen molar-refractivity contribution in [3.8, 4) is 0 Å². The molecule has 132 valence electrons. The summed E-state index contributed by atoms with van der Waals surface area (Å²) in [6.07, 6.45) is 0.583. The summed E-state index contributed by atoms with van der Waals surface area (Å²) in [5.74, 6) is -1.15. The molecule has 0 fully saturated rings. The van der Waals surface area contributed by atoms with E-state index in [1.807, 2.05) is 0 Å². The van der Waals surface area contributed by atoms with Crippen molar-refractivity contribution in [1.82, 2.24) is 10.2 Å². The highest BCUT2D eigenvalue weighted by molar-refractivity contribution is 6.30. The average molecular weight is 355 g/mol. The molecule has 6 nitrogen and oxygen atoms in total. The Hall–Kier alpha value is -2.08. The van der Waals surface area contributed by atoms with Crippen LogP contribution < -0.4 is 5.32 Å². The highest BCUT2D eigenvalue weighted by Gasteiger charge is 2.22. The molecule has 0 heterocycles. The molecule has 0 aromatic heterocycles. The predicted molar refractivity (Wildman–Crippen MR) is 91.8 cm³/mol. The maximum Gasteiger partial charge on any atom is 0.310 e. The Morgan fingerprint density at radius 3 is 2.62 bits per heavy atom. The second kappa shape index (κ2) is 9.93. The monoisotopic (exact) mass is 354 g/mol. The molecular formula is C17H23ClN2O4. The Bertz CT molecular complexity index is 592. The number of carbonyl (C=O) groups excluding carboxylic acids is 3. The molecule has 1 atom stereocenters. The molecule has 0 spiro atoms. The minimum atomic E-state index is -0.445. The second-order valence-electron chi connectivity index (χ2n) is 5.52. The third kappa shape index (κ3) is 6.58. The number of halogens is 1. The molecule has 0 aliphatic carbocycles. The molecule has 2 amide bonds. The number of methoxy groups -OCH3 is 1. The summed E-state index contributed by atoms with van der Waals surface area (Å²) in [5.41, 5.74) is 0.457. The fourth-order valence-electron chi connectivity index (χ4n) is 2.22. The van der Waals surface area contributed by atoms with E-state index in [2.05, 4.69) is 5.32 Å². The lowest BCUT2D eigenvalue weighted by molar-refractivity contribution is -0.145. The zero-order chi connectivity index (χ0) is 18.1. The van der Waals surface area contributed by atoms with Gasteiger partial charge in [-0.15, -0.1) is 0 Å². The van der Waals surface area contributed by atoms with Gasteiger partial charge in [-0.25, -0.2) is 0 Å². The second-order valence-corrected chi connectivity index (χ2v) is 5.96. The molecule has 7 heteroatoms. The van der Waals surface area contributed by atoms with Gasteiger partial charge in [-0.3, -0.25) is 14.4 Å². The van der Waals surface area contributed by atoms with Gasteiger partial charge < -0.3 is 15.0 Å². The first kappa shape index (κ1) is 20.0. The standard InChI is InChI=1S/C17H23ClN2O4/c1-12(17(23)24-3)11-20(9-5-8-19-13(2)21)16(22)14-6-4-7-15(18)10-14/h4,6-7,10,12H,5,8-9,11H2,1-3H3,(H,19,21). The quantitative estimate of drug-likeness (QED) is 0.573. The number of hydrogen-bond donors (Lipinski definition) is 1. The average Bonchev–Trinajstić information content (AvgIpc) is 2.55. The predicted octanol–water partition coefficient (Wildman–Crippen LogP) is 2.12. The molecule has 0 aliphatic heterocycles. The molecule has 0 saturated carbocycles. The van der Waals surface area contributed by atoms with Gasteiger partial charge in [0, 0.05) is 37.1 Å². The summed E-state index contributed by atoms with van der Waals surface area (Å²) < 4.78 is 4.72. The van der Waals surface area contributed by atoms with Crippen LogP contribution in [0.5, 0.6) is 0 Å². The van der Waals surface area contributed by atoms with Crippen molar-refractivity contribution < 1.29 is 19.1 Å². The molecular weight excluding hydrogens is 332 g/mol. The molecule has 0 saturated heterocycles. The number of carbonyl (C=O) groups is 3. The Morgan fingerprint density at radius 2 is 2.04 bits per heavy atom. The zero-order valence-electron chi connectivity index (χ0n) is 14.2. The maximum atomic E-state index is 12.7. The number of benzene rings is 1. The summed E-state index contributed by atoms with van der Waals surface area (Å²) in [6, 6.07) is 6.66. The first-order chi connectivity index (χ1) is 11.3. The summed E-state index contributed by atoms with van der Waals surface area (Å²) >= 11 is 5.94. The molecule has 24 heavy (non-hydrogen) atoms. The van der Waals surface area contributed by atoms with Gasteiger partial charge in [0.15, 0.2) is 0 Å². The molecule has 1 rings (SSSR count). The summed E-state index contributed by atoms with van der Waals surface area (Å²) in [7, 11) is 1.32. The highest BCUT2D eigenvalue weighted by atomic mass is 35.5. The molecule has 0 radical (unpaired) electrons. The van der Waals surface area contributed by atoms with Crippen LogP contribution in [0.25, 0.3) is 0 Å². The van der Waals surface area contributed by atoms with Gasteiger partial charge in [-0.2, -0.15) is 0 Å². The maximum absolute atomic E-state index is 12.7. The zero-order valence-corrected chi connectivity index (χ0v) is 14.9. The van der Waals surface area contributed by atoms with Crippen molar-refractivity contribution in [2.75, 3.05) is 26.7 Å². The van der Waals surface area contributed by atoms with Crippen LogP contribution in [0.3, 0.4) is 0 Å². The third-order valence-corrected chi connectivity index (χ3v) is 3.67. The van der Waals surface area contributed by atoms with Crippen LogP contribution in [-0.4, -0.2) is 49.4 Å². The van der Waals surface area contributed by atoms with E-state index in [4.69, 9.17) is 16.3 Å². The Morgan fingerprint density at radius 1 is 1.33 bits per heavy atom. The van der Waals surface area contributed by atoms with Crippen LogP contribution in [-0.2, 0) is 14.3 Å². The van der Waals surface area contributed by atoms with Gasteiger partial charge in [0.2, 0.25) is 5.91 Å². The molecule has 1 unspecified atom stereocenters. The minimum Gasteiger partial charge on any atom is -0.469 e. The van der Waals surface area contributed by atoms with Crippen LogP contribution in [0.15, 0.2) is 24.3 Å². The lowest BCUT2D eigenvalue weighted by atomic mass is 10.1. The minimum absolute atomic E-state index is 0.120. The Balaban J connectivity index is 2.80. The Kier molecular flexibility index (Phi) is 8.26. The van der Waals surface area contributed by atoms with Crippen molar-refractivity contribution in [3.05, 3.63) is 34.9 Å². The smallest absolute Gasteiger partial charge is 0.310 e. The fourth-order valence-corrected chi connectivity index (χ4v) is 2.41. The SMILES string of the molecule is COC(=O)C(C)CN(CCCNC(C)=O)C(=O)c1cccc(Cl)c1. The summed E-state index contributed by atoms with van der Waals surface area (Å²) in [6.45, 7) is 4.25. The number of ether oxygens (including phenoxy) is 1. The fraction of sp³-hybridized carbons (Fsp3) is 0.471. The first-order valence-electron chi connectivity index (χ1n) is 7.72. The van der Waals surface area contributed by atoms with Crippen LogP contribution in [0.1, 0.15) is 30.6 Å². The van der Waals surface area contributed by atoms with E-state index in [1.54, 1.807) is 36.1 Å². The molecule has 1 N–H and O–H groups in total. The van der Waals surface area contributed by atoms with E-state index in [0.29, 0.717) is 30.1 Å². The van der Waals surface area contributed by atoms with Crippen LogP contribution in [0, 0.1) is 5.92 Å². The number of nitrogens with zero attached hydrogens (tertiary/aromatic N) is 1. The van der Waals surface area contributed by atoms with Crippen molar-refractivity contribution in [1.29, 1.82) is 0 Å². The van der Waals surface area contributed by atoms with Gasteiger partial charge in [0.25, 0.3) is 5.91 Å². The number of rotatable bonds is 8. The van der Waals surface area contributed by atoms with E-state index in [9.17, 15) is 14.4 Å². The normalized spacial score (nSPS) is 11.5. The molecule has 0 aliphatic rings.